The molecule has 166 valence electrons. The molecule has 33 heavy (non-hydrogen) atoms. The standard InChI is InChI=1S/C23H17FN4O4S/c1-14-10-11-15(12-20(14)28(31)32)25-21(29)13-33-23-26-18-8-4-2-6-16(18)22(30)27(23)19-9-5-3-7-17(19)24/h2-12H,13H2,1H3,(H,25,29). The molecule has 0 aliphatic rings. The summed E-state index contributed by atoms with van der Waals surface area (Å²) in [4.78, 5) is 40.7. The van der Waals surface area contributed by atoms with Crippen molar-refractivity contribution in [3.8, 4) is 5.69 Å². The van der Waals surface area contributed by atoms with Crippen LogP contribution in [0.1, 0.15) is 5.56 Å². The Labute approximate surface area is 191 Å². The zero-order chi connectivity index (χ0) is 23.5. The van der Waals surface area contributed by atoms with E-state index in [9.17, 15) is 24.1 Å². The van der Waals surface area contributed by atoms with Gasteiger partial charge in [-0.25, -0.2) is 9.37 Å². The van der Waals surface area contributed by atoms with E-state index in [-0.39, 0.29) is 28.0 Å². The smallest absolute Gasteiger partial charge is 0.274 e. The third-order valence-corrected chi connectivity index (χ3v) is 5.80. The fourth-order valence-corrected chi connectivity index (χ4v) is 4.07. The number of nitrogens with zero attached hydrogens (tertiary/aromatic N) is 3. The van der Waals surface area contributed by atoms with Crippen molar-refractivity contribution < 1.29 is 14.1 Å². The number of nitro groups is 1. The largest absolute Gasteiger partial charge is 0.325 e. The van der Waals surface area contributed by atoms with Gasteiger partial charge in [-0.2, -0.15) is 0 Å². The van der Waals surface area contributed by atoms with Crippen LogP contribution < -0.4 is 10.9 Å². The molecule has 0 aliphatic carbocycles. The van der Waals surface area contributed by atoms with E-state index >= 15 is 0 Å². The zero-order valence-corrected chi connectivity index (χ0v) is 18.1. The third-order valence-electron chi connectivity index (χ3n) is 4.86. The van der Waals surface area contributed by atoms with Crippen LogP contribution in [0.25, 0.3) is 16.6 Å². The average Bonchev–Trinajstić information content (AvgIpc) is 2.80. The van der Waals surface area contributed by atoms with E-state index in [1.54, 1.807) is 49.4 Å². The highest BCUT2D eigenvalue weighted by Gasteiger charge is 2.18. The van der Waals surface area contributed by atoms with E-state index < -0.39 is 22.2 Å². The molecule has 0 unspecified atom stereocenters. The summed E-state index contributed by atoms with van der Waals surface area (Å²) in [6.07, 6.45) is 0. The molecular formula is C23H17FN4O4S. The number of nitro benzene ring substituents is 1. The molecule has 0 fully saturated rings. The third kappa shape index (κ3) is 4.60. The number of aryl methyl sites for hydroxylation is 1. The highest BCUT2D eigenvalue weighted by Crippen LogP contribution is 2.25. The molecule has 0 spiro atoms. The van der Waals surface area contributed by atoms with Gasteiger partial charge in [0.15, 0.2) is 5.16 Å². The van der Waals surface area contributed by atoms with Gasteiger partial charge in [0.2, 0.25) is 5.91 Å². The quantitative estimate of drug-likeness (QED) is 0.195. The minimum Gasteiger partial charge on any atom is -0.325 e. The Kier molecular flexibility index (Phi) is 6.18. The van der Waals surface area contributed by atoms with Crippen LogP contribution in [0.3, 0.4) is 0 Å². The van der Waals surface area contributed by atoms with Crippen molar-refractivity contribution in [2.24, 2.45) is 0 Å². The number of aromatic nitrogens is 2. The number of nitrogens with one attached hydrogen (secondary N) is 1. The first-order chi connectivity index (χ1) is 15.8. The van der Waals surface area contributed by atoms with Crippen molar-refractivity contribution in [3.63, 3.8) is 0 Å². The molecule has 1 heterocycles. The number of anilines is 1. The SMILES string of the molecule is Cc1ccc(NC(=O)CSc2nc3ccccc3c(=O)n2-c2ccccc2F)cc1[N+](=O)[O-]. The van der Waals surface area contributed by atoms with Gasteiger partial charge in [-0.1, -0.05) is 42.1 Å². The molecule has 10 heteroatoms. The number of hydrogen-bond acceptors (Lipinski definition) is 6. The first-order valence-electron chi connectivity index (χ1n) is 9.79. The fourth-order valence-electron chi connectivity index (χ4n) is 3.27. The van der Waals surface area contributed by atoms with Gasteiger partial charge >= 0.3 is 0 Å². The molecule has 0 atom stereocenters. The number of hydrogen-bond donors (Lipinski definition) is 1. The number of halogens is 1. The van der Waals surface area contributed by atoms with E-state index in [0.717, 1.165) is 16.3 Å². The second-order valence-corrected chi connectivity index (χ2v) is 8.04. The number of benzene rings is 3. The van der Waals surface area contributed by atoms with Gasteiger partial charge < -0.3 is 5.32 Å². The predicted molar refractivity (Wildman–Crippen MR) is 124 cm³/mol. The first kappa shape index (κ1) is 22.2. The molecule has 4 aromatic rings. The van der Waals surface area contributed by atoms with Crippen molar-refractivity contribution in [1.29, 1.82) is 0 Å². The first-order valence-corrected chi connectivity index (χ1v) is 10.8. The van der Waals surface area contributed by atoms with Gasteiger partial charge in [-0.3, -0.25) is 24.3 Å². The normalized spacial score (nSPS) is 10.8. The van der Waals surface area contributed by atoms with E-state index in [2.05, 4.69) is 10.3 Å². The Bertz CT molecular complexity index is 1450. The summed E-state index contributed by atoms with van der Waals surface area (Å²) in [5.41, 5.74) is 0.635. The molecular weight excluding hydrogens is 447 g/mol. The van der Waals surface area contributed by atoms with Crippen LogP contribution in [-0.2, 0) is 4.79 Å². The fraction of sp³-hybridized carbons (Fsp3) is 0.0870. The zero-order valence-electron chi connectivity index (χ0n) is 17.3. The van der Waals surface area contributed by atoms with Gasteiger partial charge in [-0.15, -0.1) is 0 Å². The molecule has 0 saturated heterocycles. The number of fused-ring (bicyclic) bond motifs is 1. The maximum atomic E-state index is 14.5. The molecule has 8 nitrogen and oxygen atoms in total. The Morgan fingerprint density at radius 1 is 1.15 bits per heavy atom. The minimum atomic E-state index is -0.602. The second-order valence-electron chi connectivity index (χ2n) is 7.10. The summed E-state index contributed by atoms with van der Waals surface area (Å²) < 4.78 is 15.7. The molecule has 0 saturated carbocycles. The Morgan fingerprint density at radius 2 is 1.88 bits per heavy atom. The van der Waals surface area contributed by atoms with Gasteiger partial charge in [0.05, 0.1) is 27.3 Å². The van der Waals surface area contributed by atoms with Crippen LogP contribution in [0.5, 0.6) is 0 Å². The molecule has 0 aliphatic heterocycles. The van der Waals surface area contributed by atoms with E-state index in [1.165, 1.54) is 24.3 Å². The maximum Gasteiger partial charge on any atom is 0.274 e. The van der Waals surface area contributed by atoms with Crippen LogP contribution in [0.4, 0.5) is 15.8 Å². The second kappa shape index (κ2) is 9.21. The van der Waals surface area contributed by atoms with Gasteiger partial charge in [0, 0.05) is 17.3 Å². The summed E-state index contributed by atoms with van der Waals surface area (Å²) in [7, 11) is 0. The van der Waals surface area contributed by atoms with Crippen LogP contribution >= 0.6 is 11.8 Å². The number of thioether (sulfide) groups is 1. The molecule has 0 bridgehead atoms. The van der Waals surface area contributed by atoms with Crippen LogP contribution in [0, 0.1) is 22.9 Å². The number of para-hydroxylation sites is 2. The Morgan fingerprint density at radius 3 is 2.64 bits per heavy atom. The van der Waals surface area contributed by atoms with Crippen LogP contribution in [0.2, 0.25) is 0 Å². The topological polar surface area (TPSA) is 107 Å². The predicted octanol–water partition coefficient (Wildman–Crippen LogP) is 4.47. The summed E-state index contributed by atoms with van der Waals surface area (Å²) in [6, 6.07) is 16.9. The molecule has 1 amide bonds. The van der Waals surface area contributed by atoms with Gasteiger partial charge in [-0.05, 0) is 37.3 Å². The van der Waals surface area contributed by atoms with Gasteiger partial charge in [0.25, 0.3) is 11.2 Å². The number of carbonyl (C=O) groups excluding carboxylic acids is 1. The summed E-state index contributed by atoms with van der Waals surface area (Å²) in [5.74, 6) is -1.21. The molecule has 1 N–H and O–H groups in total. The lowest BCUT2D eigenvalue weighted by Crippen LogP contribution is -2.23. The molecule has 0 radical (unpaired) electrons. The van der Waals surface area contributed by atoms with Gasteiger partial charge in [0.1, 0.15) is 5.82 Å². The lowest BCUT2D eigenvalue weighted by atomic mass is 10.2. The van der Waals surface area contributed by atoms with Crippen molar-refractivity contribution in [2.45, 2.75) is 12.1 Å². The van der Waals surface area contributed by atoms with Crippen molar-refractivity contribution in [3.05, 3.63) is 98.6 Å². The lowest BCUT2D eigenvalue weighted by Gasteiger charge is -2.14. The monoisotopic (exact) mass is 464 g/mol. The van der Waals surface area contributed by atoms with Crippen LogP contribution in [-0.4, -0.2) is 26.1 Å². The van der Waals surface area contributed by atoms with Crippen molar-refractivity contribution in [1.82, 2.24) is 9.55 Å². The minimum absolute atomic E-state index is 0.0258. The van der Waals surface area contributed by atoms with E-state index in [4.69, 9.17) is 0 Å². The van der Waals surface area contributed by atoms with Crippen molar-refractivity contribution >= 4 is 39.9 Å². The summed E-state index contributed by atoms with van der Waals surface area (Å²) in [5, 5.41) is 14.2. The summed E-state index contributed by atoms with van der Waals surface area (Å²) >= 11 is 0.960. The molecule has 4 rings (SSSR count). The van der Waals surface area contributed by atoms with E-state index in [0.29, 0.717) is 16.5 Å². The van der Waals surface area contributed by atoms with Crippen molar-refractivity contribution in [2.75, 3.05) is 11.1 Å². The number of carbonyl (C=O) groups is 1. The summed E-state index contributed by atoms with van der Waals surface area (Å²) in [6.45, 7) is 1.60. The van der Waals surface area contributed by atoms with E-state index in [1.807, 2.05) is 0 Å². The number of amides is 1. The van der Waals surface area contributed by atoms with Crippen LogP contribution in [0.15, 0.2) is 76.7 Å². The maximum absolute atomic E-state index is 14.5. The average molecular weight is 464 g/mol. The number of rotatable bonds is 6. The Balaban J connectivity index is 1.65. The highest BCUT2D eigenvalue weighted by molar-refractivity contribution is 7.99. The lowest BCUT2D eigenvalue weighted by molar-refractivity contribution is -0.385. The molecule has 3 aromatic carbocycles. The molecule has 1 aromatic heterocycles. The highest BCUT2D eigenvalue weighted by atomic mass is 32.2. The Hall–Kier alpha value is -4.05.